The molecule has 31 heteroatoms. The minimum absolute atomic E-state index is 0.0401. The Kier molecular flexibility index (Phi) is 38.1. The van der Waals surface area contributed by atoms with Crippen molar-refractivity contribution in [3.8, 4) is 23.0 Å². The Bertz CT molecular complexity index is 4900. The Hall–Kier alpha value is -9.59. The van der Waals surface area contributed by atoms with E-state index in [-0.39, 0.29) is 68.0 Å². The lowest BCUT2D eigenvalue weighted by molar-refractivity contribution is -0.192. The number of amides is 4. The highest BCUT2D eigenvalue weighted by molar-refractivity contribution is 8.00. The van der Waals surface area contributed by atoms with Crippen LogP contribution < -0.4 is 40.2 Å². The molecule has 9 aromatic rings. The van der Waals surface area contributed by atoms with Crippen LogP contribution in [-0.2, 0) is 77.4 Å². The summed E-state index contributed by atoms with van der Waals surface area (Å²) in [6.07, 6.45) is 14.6. The van der Waals surface area contributed by atoms with Crippen molar-refractivity contribution in [2.45, 2.75) is 240 Å². The van der Waals surface area contributed by atoms with Gasteiger partial charge in [0.25, 0.3) is 0 Å². The van der Waals surface area contributed by atoms with E-state index in [9.17, 15) is 14.4 Å². The quantitative estimate of drug-likeness (QED) is 0.00688. The molecule has 0 spiro atoms. The van der Waals surface area contributed by atoms with E-state index in [0.717, 1.165) is 83.2 Å². The zero-order valence-corrected chi connectivity index (χ0v) is 82.9. The molecule has 2 aromatic heterocycles. The minimum atomic E-state index is -4.15. The first kappa shape index (κ1) is 101. The van der Waals surface area contributed by atoms with Crippen LogP contribution in [0.3, 0.4) is 0 Å². The van der Waals surface area contributed by atoms with Crippen molar-refractivity contribution < 1.29 is 83.6 Å². The fourth-order valence-electron chi connectivity index (χ4n) is 17.8. The van der Waals surface area contributed by atoms with Gasteiger partial charge < -0.3 is 90.6 Å². The Morgan fingerprint density at radius 2 is 1.08 bits per heavy atom. The molecule has 132 heavy (non-hydrogen) atoms. The first-order valence-corrected chi connectivity index (χ1v) is 56.2. The number of hydrogen-bond donors (Lipinski definition) is 4. The summed E-state index contributed by atoms with van der Waals surface area (Å²) in [5.74, 6) is 2.68. The lowest BCUT2D eigenvalue weighted by Crippen LogP contribution is -2.60. The highest BCUT2D eigenvalue weighted by Crippen LogP contribution is 2.51. The number of fused-ring (bicyclic) bond motifs is 2. The number of nitrogens with zero attached hydrogens (tertiary/aromatic N) is 5. The first-order chi connectivity index (χ1) is 64.0. The van der Waals surface area contributed by atoms with Gasteiger partial charge in [-0.3, -0.25) is 14.2 Å². The second-order valence-corrected chi connectivity index (χ2v) is 48.8. The Balaban J connectivity index is 0.761. The van der Waals surface area contributed by atoms with Gasteiger partial charge in [-0.2, -0.15) is 11.8 Å². The van der Waals surface area contributed by atoms with E-state index in [1.54, 1.807) is 39.3 Å². The molecule has 7 aromatic carbocycles. The molecule has 712 valence electrons. The third-order valence-corrected chi connectivity index (χ3v) is 33.8. The molecule has 4 amide bonds. The molecule has 27 nitrogen and oxygen atoms in total. The van der Waals surface area contributed by atoms with E-state index < -0.39 is 79.6 Å². The molecule has 3 saturated heterocycles. The number of unbranched alkanes of at least 4 members (excludes halogenated alkanes) is 13. The molecule has 0 radical (unpaired) electrons. The minimum Gasteiger partial charge on any atom is -0.497 e. The number of ether oxygens (including phenoxy) is 10. The number of thioether (sulfide) groups is 1. The number of imidazole rings is 1. The lowest BCUT2D eigenvalue weighted by Gasteiger charge is -2.45. The van der Waals surface area contributed by atoms with Gasteiger partial charge in [0.05, 0.1) is 53.5 Å². The van der Waals surface area contributed by atoms with Crippen LogP contribution in [0.4, 0.5) is 10.6 Å². The van der Waals surface area contributed by atoms with Crippen molar-refractivity contribution in [1.29, 1.82) is 0 Å². The van der Waals surface area contributed by atoms with Crippen molar-refractivity contribution in [3.05, 3.63) is 240 Å². The van der Waals surface area contributed by atoms with Crippen LogP contribution in [0.2, 0.25) is 39.3 Å². The fourth-order valence-corrected chi connectivity index (χ4v) is 27.7. The topological polar surface area (TPSA) is 292 Å². The predicted molar refractivity (Wildman–Crippen MR) is 520 cm³/mol. The van der Waals surface area contributed by atoms with Crippen LogP contribution in [0.1, 0.15) is 174 Å². The standard InChI is InChI=1S/C101H137N9O18SSi3/c1-14-15-16-17-18-19-20-21-22-23-38-65-123-132(127-130(8,9)10,128-131(11,12)13)124-67-86-93(94(122-72-121-68-90(119-6)120-7)97(125-86)109-71-105-92-95(103-70-104-96(92)109)108-100(74-41-30-25-31-42-74,75-48-56-80(115-2)57-49-75)76-50-58-81(116-3)59-51-76)126-98(113)84(66-73-39-28-24-29-40-73)106-89(112)47-34-27-37-64-102-88(111)46-36-35-45-87-91-85(69-129-87)110(99(114)107-91)101(77-43-32-26-33-44-77,78-52-60-82(117-4)61-53-78)79-54-62-83(118-5)63-55-79/h24-26,28-33,39-44,48-63,70-71,84-87,90-91,93-94,97H,14-23,27,34-38,45-47,64-69,72H2,1-13H3,(H,102,111)(H,106,112)(H,107,114)(H,103,104,108)/t84-,85-,86+,87-,91-,93+,94+,97+/m0/s1. The number of rotatable bonds is 57. The van der Waals surface area contributed by atoms with Crippen LogP contribution in [0.15, 0.2) is 201 Å². The van der Waals surface area contributed by atoms with Crippen LogP contribution in [0, 0.1) is 0 Å². The number of anilines is 1. The lowest BCUT2D eigenvalue weighted by atomic mass is 9.74. The van der Waals surface area contributed by atoms with E-state index in [2.05, 4.69) is 121 Å². The molecule has 12 rings (SSSR count). The van der Waals surface area contributed by atoms with Crippen LogP contribution in [0.5, 0.6) is 23.0 Å². The number of esters is 1. The number of carbonyl (C=O) groups excluding carboxylic acids is 4. The van der Waals surface area contributed by atoms with E-state index in [4.69, 9.17) is 79.4 Å². The first-order valence-electron chi connectivity index (χ1n) is 46.7. The third kappa shape index (κ3) is 26.7. The van der Waals surface area contributed by atoms with E-state index in [1.165, 1.54) is 65.5 Å². The van der Waals surface area contributed by atoms with Gasteiger partial charge in [-0.1, -0.05) is 224 Å². The van der Waals surface area contributed by atoms with Gasteiger partial charge in [0.2, 0.25) is 11.8 Å². The van der Waals surface area contributed by atoms with Crippen molar-refractivity contribution in [2.24, 2.45) is 0 Å². The smallest absolute Gasteiger partial charge is 0.497 e. The Morgan fingerprint density at radius 1 is 0.568 bits per heavy atom. The number of urea groups is 1. The van der Waals surface area contributed by atoms with Crippen molar-refractivity contribution in [2.75, 3.05) is 86.9 Å². The summed E-state index contributed by atoms with van der Waals surface area (Å²) in [5, 5.41) is 13.7. The van der Waals surface area contributed by atoms with Crippen molar-refractivity contribution in [1.82, 2.24) is 40.4 Å². The van der Waals surface area contributed by atoms with Crippen LogP contribution in [-0.4, -0.2) is 203 Å². The van der Waals surface area contributed by atoms with Crippen molar-refractivity contribution in [3.63, 3.8) is 0 Å². The molecule has 0 aliphatic carbocycles. The molecular weight excluding hydrogens is 1740 g/mol. The van der Waals surface area contributed by atoms with E-state index in [0.29, 0.717) is 85.2 Å². The number of benzene rings is 7. The highest BCUT2D eigenvalue weighted by atomic mass is 32.2. The Morgan fingerprint density at radius 3 is 1.63 bits per heavy atom. The highest BCUT2D eigenvalue weighted by Gasteiger charge is 2.59. The maximum atomic E-state index is 15.8. The maximum Gasteiger partial charge on any atom is 0.658 e. The SMILES string of the molecule is CCCCCCCCCCCCCO[Si](OC[C@H]1O[C@@H](n2cnc3c(NC(c4ccccc4)(c4ccc(OC)cc4)c4ccc(OC)cc4)ncnc32)[C@H](OCOCC(OC)OC)[C@@H]1OC(=O)[C@H](Cc1ccccc1)NC(=O)CCCCCNC(=O)CCCC[C@@H]1SC[C@H]2[C@@H]1NC(=O)N2C(c1ccccc1)(c1ccc(OC)cc1)c1ccc(OC)cc1)(O[Si](C)(C)C)O[Si](C)(C)C. The maximum absolute atomic E-state index is 15.8. The van der Waals surface area contributed by atoms with Gasteiger partial charge >= 0.3 is 21.0 Å². The number of hydrogen-bond acceptors (Lipinski definition) is 23. The zero-order chi connectivity index (χ0) is 93.5. The summed E-state index contributed by atoms with van der Waals surface area (Å²) < 4.78 is 91.3. The number of carbonyl (C=O) groups is 4. The average Bonchev–Trinajstić information content (AvgIpc) is 1.50. The summed E-state index contributed by atoms with van der Waals surface area (Å²) in [4.78, 5) is 75.8. The normalized spacial score (nSPS) is 17.8. The van der Waals surface area contributed by atoms with E-state index >= 15 is 4.79 Å². The second-order valence-electron chi connectivity index (χ2n) is 35.9. The van der Waals surface area contributed by atoms with Gasteiger partial charge in [-0.25, -0.2) is 24.5 Å². The molecular formula is C101H137N9O18SSi3. The molecule has 3 aliphatic rings. The van der Waals surface area contributed by atoms with Gasteiger partial charge in [-0.05, 0) is 159 Å². The summed E-state index contributed by atoms with van der Waals surface area (Å²) in [5.41, 5.74) is 4.70. The largest absolute Gasteiger partial charge is 0.658 e. The van der Waals surface area contributed by atoms with Gasteiger partial charge in [-0.15, -0.1) is 0 Å². The number of aromatic nitrogens is 4. The molecule has 0 bridgehead atoms. The van der Waals surface area contributed by atoms with E-state index in [1.807, 2.05) is 151 Å². The second kappa shape index (κ2) is 49.6. The molecule has 3 aliphatic heterocycles. The Labute approximate surface area is 786 Å². The summed E-state index contributed by atoms with van der Waals surface area (Å²) in [6, 6.07) is 59.8. The van der Waals surface area contributed by atoms with Gasteiger partial charge in [0.15, 0.2) is 52.2 Å². The predicted octanol–water partition coefficient (Wildman–Crippen LogP) is 18.4. The molecule has 0 saturated carbocycles. The third-order valence-electron chi connectivity index (χ3n) is 24.3. The fraction of sp³-hybridized carbons (Fsp3) is 0.495. The number of methoxy groups -OCH3 is 6. The summed E-state index contributed by atoms with van der Waals surface area (Å²) in [7, 11) is 0.284. The molecule has 3 fully saturated rings. The molecule has 5 heterocycles. The summed E-state index contributed by atoms with van der Waals surface area (Å²) >= 11 is 1.87. The number of nitrogens with one attached hydrogen (secondary N) is 4. The van der Waals surface area contributed by atoms with Crippen molar-refractivity contribution >= 4 is 78.2 Å². The summed E-state index contributed by atoms with van der Waals surface area (Å²) in [6.45, 7) is 14.8. The zero-order valence-electron chi connectivity index (χ0n) is 79.1. The molecule has 0 unspecified atom stereocenters. The average molecular weight is 1880 g/mol. The molecule has 8 atom stereocenters. The van der Waals surface area contributed by atoms with Crippen LogP contribution in [0.25, 0.3) is 11.2 Å². The monoisotopic (exact) mass is 1880 g/mol. The van der Waals surface area contributed by atoms with Gasteiger partial charge in [0.1, 0.15) is 72.1 Å². The molecule has 4 N–H and O–H groups in total. The van der Waals surface area contributed by atoms with Gasteiger partial charge in [0, 0.05) is 57.6 Å². The van der Waals surface area contributed by atoms with Crippen LogP contribution >= 0.6 is 11.8 Å².